The van der Waals surface area contributed by atoms with Gasteiger partial charge in [0, 0.05) is 0 Å². The molecule has 0 heteroatoms. The highest BCUT2D eigenvalue weighted by atomic mass is 15.0. The molecule has 0 amide bonds. The Morgan fingerprint density at radius 3 is 0.500 bits per heavy atom. The van der Waals surface area contributed by atoms with Gasteiger partial charge in [-0.2, -0.15) is 0 Å². The zero-order valence-electron chi connectivity index (χ0n) is 8.62. The number of rotatable bonds is 0. The van der Waals surface area contributed by atoms with Gasteiger partial charge in [0.25, 0.3) is 0 Å². The minimum Gasteiger partial charge on any atom is -0.0683 e. The van der Waals surface area contributed by atoms with Crippen molar-refractivity contribution in [1.82, 2.24) is 0 Å². The van der Waals surface area contributed by atoms with Gasteiger partial charge in [0.1, 0.15) is 0 Å². The van der Waals surface area contributed by atoms with E-state index in [0.29, 0.717) is 0 Å². The van der Waals surface area contributed by atoms with Crippen LogP contribution in [0.5, 0.6) is 0 Å². The Kier molecular flexibility index (Phi) is 1.18. The lowest BCUT2D eigenvalue weighted by atomic mass is 9.01. The van der Waals surface area contributed by atoms with Crippen molar-refractivity contribution in [2.45, 2.75) is 27.7 Å². The van der Waals surface area contributed by atoms with Gasteiger partial charge in [-0.05, 0) is 47.3 Å². The second-order valence-corrected chi connectivity index (χ2v) is 4.62. The Labute approximate surface area is 75.7 Å². The molecule has 68 valence electrons. The molecule has 6 fully saturated rings. The molecule has 6 rings (SSSR count). The van der Waals surface area contributed by atoms with E-state index < -0.39 is 0 Å². The second kappa shape index (κ2) is 1.91. The molecule has 0 bridgehead atoms. The van der Waals surface area contributed by atoms with Gasteiger partial charge in [0.05, 0.1) is 0 Å². The summed E-state index contributed by atoms with van der Waals surface area (Å²) in [6, 6.07) is 0. The normalized spacial score (nSPS) is 73.0. The summed E-state index contributed by atoms with van der Waals surface area (Å²) in [6.07, 6.45) is 0. The largest absolute Gasteiger partial charge is 0.0683 e. The Morgan fingerprint density at radius 2 is 0.417 bits per heavy atom. The molecule has 12 heavy (non-hydrogen) atoms. The van der Waals surface area contributed by atoms with Crippen LogP contribution in [0, 0.1) is 47.3 Å². The minimum atomic E-state index is 1.33. The molecule has 6 aliphatic carbocycles. The van der Waals surface area contributed by atoms with Gasteiger partial charge < -0.3 is 0 Å². The van der Waals surface area contributed by atoms with Crippen molar-refractivity contribution in [2.24, 2.45) is 47.3 Å². The lowest BCUT2D eigenvalue weighted by Gasteiger charge is -3.03. The average Bonchev–Trinajstić information content (AvgIpc) is 2.25. The fourth-order valence-corrected chi connectivity index (χ4v) is 5.29. The molecule has 0 saturated heterocycles. The summed E-state index contributed by atoms with van der Waals surface area (Å²) < 4.78 is 0. The van der Waals surface area contributed by atoms with Crippen LogP contribution >= 0.6 is 0 Å². The van der Waals surface area contributed by atoms with Crippen LogP contribution in [-0.2, 0) is 0 Å². The molecular weight excluding hydrogens is 144 g/mol. The maximum Gasteiger partial charge on any atom is -0.0312 e. The monoisotopic (exact) mass is 164 g/mol. The van der Waals surface area contributed by atoms with E-state index in [-0.39, 0.29) is 0 Å². The molecule has 6 aliphatic rings. The van der Waals surface area contributed by atoms with Gasteiger partial charge in [-0.25, -0.2) is 0 Å². The fraction of sp³-hybridized carbons (Fsp3) is 1.00. The molecule has 0 aromatic carbocycles. The van der Waals surface area contributed by atoms with Crippen LogP contribution in [0.1, 0.15) is 27.7 Å². The van der Waals surface area contributed by atoms with Gasteiger partial charge >= 0.3 is 0 Å². The fourth-order valence-electron chi connectivity index (χ4n) is 5.29. The van der Waals surface area contributed by atoms with E-state index in [9.17, 15) is 0 Å². The summed E-state index contributed by atoms with van der Waals surface area (Å²) >= 11 is 0. The molecule has 0 N–H and O–H groups in total. The van der Waals surface area contributed by atoms with Crippen molar-refractivity contribution in [2.75, 3.05) is 0 Å². The average molecular weight is 164 g/mol. The first-order chi connectivity index (χ1) is 6.00. The zero-order valence-corrected chi connectivity index (χ0v) is 8.62. The lowest BCUT2D eigenvalue weighted by molar-refractivity contribution is -0.565. The predicted octanol–water partition coefficient (Wildman–Crippen LogP) is 3.04. The molecule has 6 saturated carbocycles. The summed E-state index contributed by atoms with van der Waals surface area (Å²) in [6.45, 7) is 8.00. The summed E-state index contributed by atoms with van der Waals surface area (Å²) in [5.41, 5.74) is 0. The highest BCUT2D eigenvalue weighted by Gasteiger charge is 2.97. The van der Waals surface area contributed by atoms with Gasteiger partial charge in [-0.3, -0.25) is 0 Å². The van der Waals surface area contributed by atoms with E-state index in [0.717, 1.165) is 0 Å². The standard InChI is InChI=1S/C8H8.2C2H6/c1-2-5-3(1)7-4(1)6(2)8(5)7;2*1-2/h1-8H;2*1-2H3. The van der Waals surface area contributed by atoms with E-state index in [4.69, 9.17) is 0 Å². The van der Waals surface area contributed by atoms with E-state index in [1.165, 1.54) is 47.3 Å². The molecule has 0 atom stereocenters. The third-order valence-corrected chi connectivity index (χ3v) is 5.33. The predicted molar refractivity (Wildman–Crippen MR) is 50.6 cm³/mol. The lowest BCUT2D eigenvalue weighted by Crippen LogP contribution is -3.00. The molecule has 0 aliphatic heterocycles. The first-order valence-electron chi connectivity index (χ1n) is 6.00. The minimum absolute atomic E-state index is 1.33. The van der Waals surface area contributed by atoms with Crippen molar-refractivity contribution in [3.8, 4) is 0 Å². The van der Waals surface area contributed by atoms with Crippen molar-refractivity contribution in [3.63, 3.8) is 0 Å². The smallest absolute Gasteiger partial charge is 0.0312 e. The Morgan fingerprint density at radius 1 is 0.333 bits per heavy atom. The maximum absolute atomic E-state index is 2.00. The summed E-state index contributed by atoms with van der Waals surface area (Å²) in [5, 5.41) is 0. The topological polar surface area (TPSA) is 0 Å². The van der Waals surface area contributed by atoms with Crippen molar-refractivity contribution in [3.05, 3.63) is 0 Å². The first kappa shape index (κ1) is 7.41. The molecule has 0 nitrogen and oxygen atoms in total. The molecule has 0 radical (unpaired) electrons. The van der Waals surface area contributed by atoms with Crippen LogP contribution in [0.2, 0.25) is 0 Å². The molecule has 0 aromatic heterocycles. The second-order valence-electron chi connectivity index (χ2n) is 4.62. The van der Waals surface area contributed by atoms with Crippen LogP contribution in [0.15, 0.2) is 0 Å². The first-order valence-corrected chi connectivity index (χ1v) is 6.00. The van der Waals surface area contributed by atoms with Crippen LogP contribution in [0.3, 0.4) is 0 Å². The van der Waals surface area contributed by atoms with Crippen LogP contribution in [0.4, 0.5) is 0 Å². The number of hydrogen-bond acceptors (Lipinski definition) is 0. The van der Waals surface area contributed by atoms with E-state index in [1.807, 2.05) is 27.7 Å². The van der Waals surface area contributed by atoms with Crippen LogP contribution in [0.25, 0.3) is 0 Å². The van der Waals surface area contributed by atoms with Crippen LogP contribution < -0.4 is 0 Å². The van der Waals surface area contributed by atoms with Crippen molar-refractivity contribution < 1.29 is 0 Å². The SMILES string of the molecule is C12C3C4C1C1C2C3C41.CC.CC. The third kappa shape index (κ3) is 0.352. The van der Waals surface area contributed by atoms with E-state index in [1.54, 1.807) is 0 Å². The Bertz CT molecular complexity index is 110. The maximum atomic E-state index is 2.00. The van der Waals surface area contributed by atoms with Crippen molar-refractivity contribution in [1.29, 1.82) is 0 Å². The quantitative estimate of drug-likeness (QED) is 0.516. The van der Waals surface area contributed by atoms with Crippen molar-refractivity contribution >= 4 is 0 Å². The van der Waals surface area contributed by atoms with Gasteiger partial charge in [-0.15, -0.1) is 0 Å². The van der Waals surface area contributed by atoms with E-state index >= 15 is 0 Å². The van der Waals surface area contributed by atoms with E-state index in [2.05, 4.69) is 0 Å². The van der Waals surface area contributed by atoms with Gasteiger partial charge in [0.2, 0.25) is 0 Å². The van der Waals surface area contributed by atoms with Gasteiger partial charge in [0.15, 0.2) is 0 Å². The summed E-state index contributed by atoms with van der Waals surface area (Å²) in [7, 11) is 0. The molecule has 0 aromatic rings. The van der Waals surface area contributed by atoms with Crippen LogP contribution in [-0.4, -0.2) is 0 Å². The third-order valence-electron chi connectivity index (χ3n) is 5.33. The Balaban J connectivity index is 0.000000112. The summed E-state index contributed by atoms with van der Waals surface area (Å²) in [5.74, 6) is 10.7. The Hall–Kier alpha value is 0. The number of hydrogen-bond donors (Lipinski definition) is 0. The molecular formula is C12H20. The summed E-state index contributed by atoms with van der Waals surface area (Å²) in [4.78, 5) is 0. The molecule has 0 spiro atoms. The molecule has 0 heterocycles. The molecule has 0 unspecified atom stereocenters. The van der Waals surface area contributed by atoms with Gasteiger partial charge in [-0.1, -0.05) is 27.7 Å². The highest BCUT2D eigenvalue weighted by Crippen LogP contribution is 3.00. The zero-order chi connectivity index (χ0) is 8.62. The highest BCUT2D eigenvalue weighted by molar-refractivity contribution is 5.44.